The number of aromatic nitrogens is 1. The van der Waals surface area contributed by atoms with Crippen molar-refractivity contribution in [3.63, 3.8) is 0 Å². The van der Waals surface area contributed by atoms with Gasteiger partial charge >= 0.3 is 0 Å². The van der Waals surface area contributed by atoms with Gasteiger partial charge in [-0.05, 0) is 44.1 Å². The monoisotopic (exact) mass is 310 g/mol. The maximum Gasteiger partial charge on any atom is 0.258 e. The molecule has 1 saturated carbocycles. The Morgan fingerprint density at radius 3 is 2.81 bits per heavy atom. The van der Waals surface area contributed by atoms with Crippen molar-refractivity contribution in [2.75, 3.05) is 11.1 Å². The largest absolute Gasteiger partial charge is 0.382 e. The molecule has 4 N–H and O–H groups in total. The Balaban J connectivity index is 2.14. The first-order valence-corrected chi connectivity index (χ1v) is 8.62. The van der Waals surface area contributed by atoms with Crippen molar-refractivity contribution in [1.29, 1.82) is 0 Å². The molecular formula is C15H26N4OS. The van der Waals surface area contributed by atoms with Crippen LogP contribution in [0.25, 0.3) is 0 Å². The summed E-state index contributed by atoms with van der Waals surface area (Å²) < 4.78 is 4.16. The molecule has 1 aliphatic rings. The zero-order valence-corrected chi connectivity index (χ0v) is 13.9. The number of carbonyl (C=O) groups excluding carboxylic acids is 1. The van der Waals surface area contributed by atoms with Crippen LogP contribution in [-0.2, 0) is 0 Å². The molecular weight excluding hydrogens is 284 g/mol. The highest BCUT2D eigenvalue weighted by Gasteiger charge is 2.27. The summed E-state index contributed by atoms with van der Waals surface area (Å²) in [5.41, 5.74) is 6.40. The Hall–Kier alpha value is -1.30. The van der Waals surface area contributed by atoms with Crippen LogP contribution in [0.15, 0.2) is 0 Å². The van der Waals surface area contributed by atoms with Crippen molar-refractivity contribution < 1.29 is 4.79 Å². The van der Waals surface area contributed by atoms with Crippen LogP contribution in [0.2, 0.25) is 0 Å². The maximum atomic E-state index is 12.3. The molecule has 118 valence electrons. The fourth-order valence-corrected chi connectivity index (χ4v) is 3.78. The quantitative estimate of drug-likeness (QED) is 0.780. The average Bonchev–Trinajstić information content (AvgIpc) is 2.79. The van der Waals surface area contributed by atoms with Gasteiger partial charge in [-0.3, -0.25) is 4.79 Å². The fraction of sp³-hybridized carbons (Fsp3) is 0.733. The summed E-state index contributed by atoms with van der Waals surface area (Å²) in [6, 6.07) is 0.511. The molecule has 1 aromatic rings. The van der Waals surface area contributed by atoms with E-state index in [9.17, 15) is 4.79 Å². The van der Waals surface area contributed by atoms with Crippen molar-refractivity contribution in [1.82, 2.24) is 9.69 Å². The minimum atomic E-state index is -0.136. The predicted molar refractivity (Wildman–Crippen MR) is 88.8 cm³/mol. The van der Waals surface area contributed by atoms with Gasteiger partial charge in [-0.15, -0.1) is 0 Å². The Bertz CT molecular complexity index is 486. The maximum absolute atomic E-state index is 12.3. The number of nitrogens with one attached hydrogen (secondary N) is 2. The lowest BCUT2D eigenvalue weighted by Gasteiger charge is -2.32. The van der Waals surface area contributed by atoms with Crippen molar-refractivity contribution in [2.45, 2.75) is 65.0 Å². The summed E-state index contributed by atoms with van der Waals surface area (Å²) in [6.07, 6.45) is 6.13. The van der Waals surface area contributed by atoms with E-state index in [1.165, 1.54) is 37.2 Å². The number of amides is 1. The average molecular weight is 310 g/mol. The van der Waals surface area contributed by atoms with Gasteiger partial charge in [0.05, 0.1) is 0 Å². The van der Waals surface area contributed by atoms with Gasteiger partial charge in [0.2, 0.25) is 0 Å². The van der Waals surface area contributed by atoms with Crippen LogP contribution >= 0.6 is 11.5 Å². The van der Waals surface area contributed by atoms with Crippen LogP contribution in [0, 0.1) is 5.92 Å². The topological polar surface area (TPSA) is 80.0 Å². The first-order chi connectivity index (χ1) is 10.0. The van der Waals surface area contributed by atoms with Crippen molar-refractivity contribution in [3.8, 4) is 0 Å². The lowest BCUT2D eigenvalue weighted by atomic mass is 9.83. The third kappa shape index (κ3) is 3.87. The minimum absolute atomic E-state index is 0.0859. The fourth-order valence-electron chi connectivity index (χ4n) is 3.01. The molecule has 5 nitrogen and oxygen atoms in total. The number of carbonyl (C=O) groups is 1. The van der Waals surface area contributed by atoms with Crippen molar-refractivity contribution >= 4 is 28.3 Å². The molecule has 0 bridgehead atoms. The van der Waals surface area contributed by atoms with E-state index >= 15 is 0 Å². The van der Waals surface area contributed by atoms with E-state index < -0.39 is 0 Å². The van der Waals surface area contributed by atoms with Crippen LogP contribution in [0.5, 0.6) is 0 Å². The minimum Gasteiger partial charge on any atom is -0.382 e. The highest BCUT2D eigenvalue weighted by Crippen LogP contribution is 2.33. The van der Waals surface area contributed by atoms with E-state index in [4.69, 9.17) is 5.73 Å². The number of hydrogen-bond donors (Lipinski definition) is 3. The standard InChI is InChI=1S/C15H26N4OS/c1-4-10-7-5-6-8-11(10)18-15-12(13(16)19-21-15)14(20)17-9(2)3/h9-11,18H,4-8H2,1-3H3,(H2,16,19)(H,17,20). The molecule has 0 aliphatic heterocycles. The third-order valence-electron chi connectivity index (χ3n) is 4.12. The van der Waals surface area contributed by atoms with Gasteiger partial charge in [0.15, 0.2) is 5.82 Å². The first-order valence-electron chi connectivity index (χ1n) is 7.85. The number of nitrogens with zero attached hydrogens (tertiary/aromatic N) is 1. The van der Waals surface area contributed by atoms with Crippen molar-refractivity contribution in [3.05, 3.63) is 5.56 Å². The smallest absolute Gasteiger partial charge is 0.258 e. The normalized spacial score (nSPS) is 22.3. The number of anilines is 2. The summed E-state index contributed by atoms with van der Waals surface area (Å²) in [5.74, 6) is 0.857. The lowest BCUT2D eigenvalue weighted by Crippen LogP contribution is -2.34. The highest BCUT2D eigenvalue weighted by atomic mass is 32.1. The molecule has 1 aliphatic carbocycles. The van der Waals surface area contributed by atoms with E-state index in [1.54, 1.807) is 0 Å². The van der Waals surface area contributed by atoms with Gasteiger partial charge < -0.3 is 16.4 Å². The second-order valence-corrected chi connectivity index (χ2v) is 6.88. The predicted octanol–water partition coefficient (Wildman–Crippen LogP) is 3.24. The van der Waals surface area contributed by atoms with E-state index in [0.29, 0.717) is 23.3 Å². The summed E-state index contributed by atoms with van der Waals surface area (Å²) in [7, 11) is 0. The van der Waals surface area contributed by atoms with E-state index in [1.807, 2.05) is 13.8 Å². The Labute approximate surface area is 130 Å². The molecule has 0 spiro atoms. The molecule has 1 amide bonds. The summed E-state index contributed by atoms with van der Waals surface area (Å²) in [6.45, 7) is 6.11. The van der Waals surface area contributed by atoms with Crippen molar-refractivity contribution in [2.24, 2.45) is 5.92 Å². The van der Waals surface area contributed by atoms with Gasteiger partial charge in [-0.1, -0.05) is 26.2 Å². The van der Waals surface area contributed by atoms with Gasteiger partial charge in [0.25, 0.3) is 5.91 Å². The molecule has 1 fully saturated rings. The molecule has 0 saturated heterocycles. The van der Waals surface area contributed by atoms with Crippen LogP contribution in [0.4, 0.5) is 10.8 Å². The Kier molecular flexibility index (Phi) is 5.45. The molecule has 2 atom stereocenters. The SMILES string of the molecule is CCC1CCCCC1Nc1snc(N)c1C(=O)NC(C)C. The molecule has 2 rings (SSSR count). The molecule has 1 heterocycles. The van der Waals surface area contributed by atoms with E-state index in [-0.39, 0.29) is 11.9 Å². The number of nitrogen functional groups attached to an aromatic ring is 1. The summed E-state index contributed by atoms with van der Waals surface area (Å²) >= 11 is 1.29. The molecule has 2 unspecified atom stereocenters. The Morgan fingerprint density at radius 1 is 1.43 bits per heavy atom. The first kappa shape index (κ1) is 16.1. The number of rotatable bonds is 5. The molecule has 6 heteroatoms. The number of nitrogens with two attached hydrogens (primary N) is 1. The second kappa shape index (κ2) is 7.11. The lowest BCUT2D eigenvalue weighted by molar-refractivity contribution is 0.0945. The number of hydrogen-bond acceptors (Lipinski definition) is 5. The van der Waals surface area contributed by atoms with Gasteiger partial charge in [-0.25, -0.2) is 0 Å². The van der Waals surface area contributed by atoms with E-state index in [2.05, 4.69) is 21.9 Å². The summed E-state index contributed by atoms with van der Waals surface area (Å²) in [4.78, 5) is 12.3. The second-order valence-electron chi connectivity index (χ2n) is 6.10. The van der Waals surface area contributed by atoms with Crippen LogP contribution in [0.1, 0.15) is 63.2 Å². The van der Waals surface area contributed by atoms with Gasteiger partial charge in [0.1, 0.15) is 10.6 Å². The van der Waals surface area contributed by atoms with Crippen LogP contribution in [0.3, 0.4) is 0 Å². The molecule has 0 aromatic carbocycles. The van der Waals surface area contributed by atoms with Gasteiger partial charge in [-0.2, -0.15) is 4.37 Å². The third-order valence-corrected chi connectivity index (χ3v) is 4.91. The summed E-state index contributed by atoms with van der Waals surface area (Å²) in [5, 5.41) is 7.25. The molecule has 1 aromatic heterocycles. The highest BCUT2D eigenvalue weighted by molar-refractivity contribution is 7.11. The molecule has 0 radical (unpaired) electrons. The Morgan fingerprint density at radius 2 is 2.14 bits per heavy atom. The van der Waals surface area contributed by atoms with E-state index in [0.717, 1.165) is 11.4 Å². The van der Waals surface area contributed by atoms with Gasteiger partial charge in [0, 0.05) is 12.1 Å². The zero-order valence-electron chi connectivity index (χ0n) is 13.1. The van der Waals surface area contributed by atoms with Crippen LogP contribution < -0.4 is 16.4 Å². The zero-order chi connectivity index (χ0) is 15.4. The molecule has 21 heavy (non-hydrogen) atoms. The van der Waals surface area contributed by atoms with Crippen LogP contribution in [-0.4, -0.2) is 22.4 Å².